The molecule has 0 bridgehead atoms. The molecule has 4 rings (SSSR count). The quantitative estimate of drug-likeness (QED) is 0.672. The van der Waals surface area contributed by atoms with E-state index in [1.165, 1.54) is 18.5 Å². The van der Waals surface area contributed by atoms with E-state index in [1.807, 2.05) is 31.2 Å². The zero-order valence-corrected chi connectivity index (χ0v) is 16.9. The van der Waals surface area contributed by atoms with Gasteiger partial charge in [0.1, 0.15) is 0 Å². The van der Waals surface area contributed by atoms with E-state index in [4.69, 9.17) is 0 Å². The Balaban J connectivity index is 1.34. The third kappa shape index (κ3) is 4.06. The normalized spacial score (nSPS) is 13.9. The summed E-state index contributed by atoms with van der Waals surface area (Å²) in [6, 6.07) is 16.1. The van der Waals surface area contributed by atoms with E-state index in [9.17, 15) is 9.59 Å². The second-order valence-corrected chi connectivity index (χ2v) is 7.55. The van der Waals surface area contributed by atoms with Gasteiger partial charge in [0.05, 0.1) is 11.0 Å². The number of benzene rings is 2. The lowest BCUT2D eigenvalue weighted by Crippen LogP contribution is -2.28. The van der Waals surface area contributed by atoms with E-state index in [0.717, 1.165) is 29.7 Å². The van der Waals surface area contributed by atoms with E-state index in [-0.39, 0.29) is 18.0 Å². The van der Waals surface area contributed by atoms with Gasteiger partial charge in [0.15, 0.2) is 0 Å². The summed E-state index contributed by atoms with van der Waals surface area (Å²) in [4.78, 5) is 27.4. The maximum absolute atomic E-state index is 12.6. The van der Waals surface area contributed by atoms with E-state index < -0.39 is 0 Å². The van der Waals surface area contributed by atoms with Crippen LogP contribution in [0.1, 0.15) is 31.7 Å². The highest BCUT2D eigenvalue weighted by molar-refractivity contribution is 5.78. The standard InChI is InChI=1S/C23H28N4O2/c1-2-26-20-7-3-4-8-21(20)27(23(26)29)16-13-22(28)24-17-18-9-11-19(12-10-18)25-14-5-6-15-25/h3-4,7-12H,2,5-6,13-17H2,1H3,(H,24,28). The molecule has 6 nitrogen and oxygen atoms in total. The number of aryl methyl sites for hydroxylation is 2. The highest BCUT2D eigenvalue weighted by Gasteiger charge is 2.13. The number of para-hydroxylation sites is 2. The smallest absolute Gasteiger partial charge is 0.329 e. The Morgan fingerprint density at radius 3 is 2.28 bits per heavy atom. The summed E-state index contributed by atoms with van der Waals surface area (Å²) >= 11 is 0. The first-order chi connectivity index (χ1) is 14.2. The van der Waals surface area contributed by atoms with Gasteiger partial charge in [-0.15, -0.1) is 0 Å². The molecule has 1 fully saturated rings. The minimum atomic E-state index is -0.0565. The van der Waals surface area contributed by atoms with Gasteiger partial charge in [-0.05, 0) is 49.6 Å². The van der Waals surface area contributed by atoms with Crippen molar-refractivity contribution in [2.75, 3.05) is 18.0 Å². The Morgan fingerprint density at radius 2 is 1.62 bits per heavy atom. The molecule has 1 aliphatic rings. The van der Waals surface area contributed by atoms with Gasteiger partial charge in [-0.1, -0.05) is 24.3 Å². The van der Waals surface area contributed by atoms with E-state index in [0.29, 0.717) is 19.6 Å². The zero-order chi connectivity index (χ0) is 20.2. The maximum Gasteiger partial charge on any atom is 0.329 e. The Hall–Kier alpha value is -3.02. The topological polar surface area (TPSA) is 59.3 Å². The van der Waals surface area contributed by atoms with Crippen LogP contribution in [0.25, 0.3) is 11.0 Å². The number of hydrogen-bond donors (Lipinski definition) is 1. The molecule has 0 spiro atoms. The molecule has 1 saturated heterocycles. The van der Waals surface area contributed by atoms with Crippen molar-refractivity contribution >= 4 is 22.6 Å². The fourth-order valence-electron chi connectivity index (χ4n) is 4.10. The van der Waals surface area contributed by atoms with Gasteiger partial charge in [0.2, 0.25) is 5.91 Å². The molecule has 1 N–H and O–H groups in total. The van der Waals surface area contributed by atoms with Crippen LogP contribution in [-0.2, 0) is 24.4 Å². The van der Waals surface area contributed by atoms with Gasteiger partial charge in [0, 0.05) is 44.8 Å². The highest BCUT2D eigenvalue weighted by Crippen LogP contribution is 2.20. The molecular weight excluding hydrogens is 364 g/mol. The number of anilines is 1. The van der Waals surface area contributed by atoms with Crippen molar-refractivity contribution in [3.05, 3.63) is 64.6 Å². The minimum Gasteiger partial charge on any atom is -0.372 e. The van der Waals surface area contributed by atoms with E-state index in [1.54, 1.807) is 9.13 Å². The fourth-order valence-corrected chi connectivity index (χ4v) is 4.10. The molecule has 1 aromatic heterocycles. The molecule has 3 aromatic rings. The van der Waals surface area contributed by atoms with Crippen molar-refractivity contribution in [2.24, 2.45) is 0 Å². The van der Waals surface area contributed by atoms with Crippen molar-refractivity contribution in [3.63, 3.8) is 0 Å². The third-order valence-electron chi connectivity index (χ3n) is 5.70. The van der Waals surface area contributed by atoms with Crippen molar-refractivity contribution in [1.29, 1.82) is 0 Å². The first-order valence-electron chi connectivity index (χ1n) is 10.5. The van der Waals surface area contributed by atoms with E-state index in [2.05, 4.69) is 34.5 Å². The molecule has 2 heterocycles. The maximum atomic E-state index is 12.6. The van der Waals surface area contributed by atoms with Crippen LogP contribution in [-0.4, -0.2) is 28.1 Å². The Bertz CT molecular complexity index is 1040. The monoisotopic (exact) mass is 392 g/mol. The van der Waals surface area contributed by atoms with Gasteiger partial charge in [0.25, 0.3) is 0 Å². The number of carbonyl (C=O) groups is 1. The number of amides is 1. The van der Waals surface area contributed by atoms with Crippen molar-refractivity contribution in [3.8, 4) is 0 Å². The average molecular weight is 393 g/mol. The van der Waals surface area contributed by atoms with Gasteiger partial charge in [-0.3, -0.25) is 13.9 Å². The summed E-state index contributed by atoms with van der Waals surface area (Å²) in [6.45, 7) is 5.72. The second-order valence-electron chi connectivity index (χ2n) is 7.55. The number of imidazole rings is 1. The van der Waals surface area contributed by atoms with Crippen LogP contribution in [0.4, 0.5) is 5.69 Å². The van der Waals surface area contributed by atoms with Gasteiger partial charge in [-0.2, -0.15) is 0 Å². The van der Waals surface area contributed by atoms with Crippen LogP contribution < -0.4 is 15.9 Å². The van der Waals surface area contributed by atoms with Gasteiger partial charge >= 0.3 is 5.69 Å². The Labute approximate surface area is 170 Å². The Kier molecular flexibility index (Phi) is 5.69. The molecule has 0 saturated carbocycles. The van der Waals surface area contributed by atoms with Gasteiger partial charge in [-0.25, -0.2) is 4.79 Å². The molecule has 0 atom stereocenters. The number of rotatable bonds is 7. The number of fused-ring (bicyclic) bond motifs is 1. The molecule has 0 radical (unpaired) electrons. The molecule has 152 valence electrons. The van der Waals surface area contributed by atoms with Crippen LogP contribution >= 0.6 is 0 Å². The summed E-state index contributed by atoms with van der Waals surface area (Å²) in [7, 11) is 0. The third-order valence-corrected chi connectivity index (χ3v) is 5.70. The number of hydrogen-bond acceptors (Lipinski definition) is 3. The molecular formula is C23H28N4O2. The highest BCUT2D eigenvalue weighted by atomic mass is 16.2. The lowest BCUT2D eigenvalue weighted by atomic mass is 10.2. The first kappa shape index (κ1) is 19.3. The molecule has 2 aromatic carbocycles. The molecule has 0 aliphatic carbocycles. The number of carbonyl (C=O) groups excluding carboxylic acids is 1. The number of nitrogens with zero attached hydrogens (tertiary/aromatic N) is 3. The molecule has 1 amide bonds. The lowest BCUT2D eigenvalue weighted by Gasteiger charge is -2.17. The van der Waals surface area contributed by atoms with Crippen molar-refractivity contribution in [2.45, 2.75) is 45.8 Å². The summed E-state index contributed by atoms with van der Waals surface area (Å²) < 4.78 is 3.44. The molecule has 6 heteroatoms. The van der Waals surface area contributed by atoms with Gasteiger partial charge < -0.3 is 10.2 Å². The van der Waals surface area contributed by atoms with Crippen LogP contribution in [0, 0.1) is 0 Å². The molecule has 1 aliphatic heterocycles. The summed E-state index contributed by atoms with van der Waals surface area (Å²) in [5.74, 6) is -0.0474. The molecule has 29 heavy (non-hydrogen) atoms. The zero-order valence-electron chi connectivity index (χ0n) is 16.9. The Morgan fingerprint density at radius 1 is 0.966 bits per heavy atom. The van der Waals surface area contributed by atoms with Crippen molar-refractivity contribution < 1.29 is 4.79 Å². The lowest BCUT2D eigenvalue weighted by molar-refractivity contribution is -0.121. The predicted molar refractivity (Wildman–Crippen MR) is 116 cm³/mol. The summed E-state index contributed by atoms with van der Waals surface area (Å²) in [5, 5.41) is 2.97. The average Bonchev–Trinajstić information content (AvgIpc) is 3.37. The van der Waals surface area contributed by atoms with Crippen molar-refractivity contribution in [1.82, 2.24) is 14.5 Å². The van der Waals surface area contributed by atoms with Crippen LogP contribution in [0.5, 0.6) is 0 Å². The molecule has 0 unspecified atom stereocenters. The van der Waals surface area contributed by atoms with Crippen LogP contribution in [0.2, 0.25) is 0 Å². The second kappa shape index (κ2) is 8.55. The predicted octanol–water partition coefficient (Wildman–Crippen LogP) is 3.13. The number of aromatic nitrogens is 2. The fraction of sp³-hybridized carbons (Fsp3) is 0.391. The summed E-state index contributed by atoms with van der Waals surface area (Å²) in [6.07, 6.45) is 2.80. The van der Waals surface area contributed by atoms with Crippen LogP contribution in [0.15, 0.2) is 53.3 Å². The summed E-state index contributed by atoms with van der Waals surface area (Å²) in [5.41, 5.74) is 4.08. The minimum absolute atomic E-state index is 0.0474. The van der Waals surface area contributed by atoms with Crippen LogP contribution in [0.3, 0.4) is 0 Å². The van der Waals surface area contributed by atoms with E-state index >= 15 is 0 Å². The number of nitrogens with one attached hydrogen (secondary N) is 1. The first-order valence-corrected chi connectivity index (χ1v) is 10.5. The SMILES string of the molecule is CCn1c(=O)n(CCC(=O)NCc2ccc(N3CCCC3)cc2)c2ccccc21. The largest absolute Gasteiger partial charge is 0.372 e.